The van der Waals surface area contributed by atoms with Crippen LogP contribution in [0, 0.1) is 11.8 Å². The van der Waals surface area contributed by atoms with E-state index in [0.29, 0.717) is 38.5 Å². The zero-order valence-electron chi connectivity index (χ0n) is 15.0. The van der Waals surface area contributed by atoms with Crippen LogP contribution in [-0.2, 0) is 15.8 Å². The maximum atomic E-state index is 13.3. The number of benzene rings is 1. The standard InChI is InChI=1S/C20H24F3NO3/c21-20(22,23)16-6-2-1-4-14(16)15-5-3-7-17(15)24-18(25)12-8-10-13(11-9-12)19(26)27/h1-2,4,6,12-13,15,17H,3,5,7-11H2,(H,24,25)(H,26,27). The summed E-state index contributed by atoms with van der Waals surface area (Å²) in [6.07, 6.45) is -0.400. The van der Waals surface area contributed by atoms with Gasteiger partial charge in [-0.3, -0.25) is 9.59 Å². The van der Waals surface area contributed by atoms with Crippen LogP contribution in [-0.4, -0.2) is 23.0 Å². The van der Waals surface area contributed by atoms with Crippen LogP contribution < -0.4 is 5.32 Å². The van der Waals surface area contributed by atoms with Crippen molar-refractivity contribution in [3.8, 4) is 0 Å². The number of alkyl halides is 3. The van der Waals surface area contributed by atoms with Gasteiger partial charge in [0.25, 0.3) is 0 Å². The van der Waals surface area contributed by atoms with Gasteiger partial charge in [0.2, 0.25) is 5.91 Å². The number of carbonyl (C=O) groups is 2. The topological polar surface area (TPSA) is 66.4 Å². The molecule has 4 nitrogen and oxygen atoms in total. The minimum absolute atomic E-state index is 0.153. The van der Waals surface area contributed by atoms with E-state index in [4.69, 9.17) is 5.11 Å². The van der Waals surface area contributed by atoms with Gasteiger partial charge < -0.3 is 10.4 Å². The zero-order valence-corrected chi connectivity index (χ0v) is 15.0. The first-order valence-electron chi connectivity index (χ1n) is 9.46. The molecule has 2 N–H and O–H groups in total. The molecular formula is C20H24F3NO3. The maximum absolute atomic E-state index is 13.3. The number of carbonyl (C=O) groups excluding carboxylic acids is 1. The van der Waals surface area contributed by atoms with Crippen molar-refractivity contribution in [2.45, 2.75) is 63.1 Å². The molecule has 2 atom stereocenters. The molecule has 2 unspecified atom stereocenters. The molecule has 1 aromatic carbocycles. The van der Waals surface area contributed by atoms with E-state index in [9.17, 15) is 22.8 Å². The Morgan fingerprint density at radius 2 is 1.59 bits per heavy atom. The molecule has 2 aliphatic rings. The molecule has 0 saturated heterocycles. The fourth-order valence-electron chi connectivity index (χ4n) is 4.49. The number of amides is 1. The first-order chi connectivity index (χ1) is 12.8. The summed E-state index contributed by atoms with van der Waals surface area (Å²) in [4.78, 5) is 23.6. The number of carboxylic acids is 1. The van der Waals surface area contributed by atoms with Gasteiger partial charge in [0, 0.05) is 17.9 Å². The lowest BCUT2D eigenvalue weighted by Gasteiger charge is -2.29. The van der Waals surface area contributed by atoms with E-state index >= 15 is 0 Å². The lowest BCUT2D eigenvalue weighted by molar-refractivity contribution is -0.144. The molecule has 0 aliphatic heterocycles. The third-order valence-electron chi connectivity index (χ3n) is 5.96. The molecular weight excluding hydrogens is 359 g/mol. The summed E-state index contributed by atoms with van der Waals surface area (Å²) in [6, 6.07) is 5.29. The first-order valence-corrected chi connectivity index (χ1v) is 9.46. The van der Waals surface area contributed by atoms with Crippen LogP contribution in [0.4, 0.5) is 13.2 Å². The number of halogens is 3. The molecule has 2 aliphatic carbocycles. The summed E-state index contributed by atoms with van der Waals surface area (Å²) in [5, 5.41) is 12.0. The minimum atomic E-state index is -4.41. The van der Waals surface area contributed by atoms with E-state index in [-0.39, 0.29) is 29.3 Å². The average molecular weight is 383 g/mol. The summed E-state index contributed by atoms with van der Waals surface area (Å²) >= 11 is 0. The van der Waals surface area contributed by atoms with E-state index in [1.54, 1.807) is 6.07 Å². The molecule has 0 heterocycles. The predicted molar refractivity (Wildman–Crippen MR) is 93.1 cm³/mol. The average Bonchev–Trinajstić information content (AvgIpc) is 3.09. The minimum Gasteiger partial charge on any atom is -0.481 e. The Hall–Kier alpha value is -2.05. The normalized spacial score (nSPS) is 28.7. The second-order valence-corrected chi connectivity index (χ2v) is 7.62. The third kappa shape index (κ3) is 4.45. The van der Waals surface area contributed by atoms with Crippen LogP contribution in [0.5, 0.6) is 0 Å². The van der Waals surface area contributed by atoms with Crippen LogP contribution in [0.15, 0.2) is 24.3 Å². The van der Waals surface area contributed by atoms with Crippen molar-refractivity contribution >= 4 is 11.9 Å². The fourth-order valence-corrected chi connectivity index (χ4v) is 4.49. The van der Waals surface area contributed by atoms with E-state index in [1.807, 2.05) is 0 Å². The largest absolute Gasteiger partial charge is 0.481 e. The molecule has 1 aromatic rings. The summed E-state index contributed by atoms with van der Waals surface area (Å²) in [6.45, 7) is 0. The summed E-state index contributed by atoms with van der Waals surface area (Å²) in [5.41, 5.74) is -0.375. The van der Waals surface area contributed by atoms with Gasteiger partial charge in [-0.15, -0.1) is 0 Å². The Balaban J connectivity index is 1.68. The molecule has 0 aromatic heterocycles. The maximum Gasteiger partial charge on any atom is 0.416 e. The van der Waals surface area contributed by atoms with Crippen molar-refractivity contribution in [2.24, 2.45) is 11.8 Å². The highest BCUT2D eigenvalue weighted by Crippen LogP contribution is 2.42. The number of hydrogen-bond donors (Lipinski definition) is 2. The predicted octanol–water partition coefficient (Wildman–Crippen LogP) is 4.35. The lowest BCUT2D eigenvalue weighted by atomic mass is 9.81. The Bertz CT molecular complexity index is 696. The quantitative estimate of drug-likeness (QED) is 0.812. The Kier molecular flexibility index (Phi) is 5.77. The van der Waals surface area contributed by atoms with Crippen molar-refractivity contribution in [3.63, 3.8) is 0 Å². The Morgan fingerprint density at radius 3 is 2.22 bits per heavy atom. The summed E-state index contributed by atoms with van der Waals surface area (Å²) in [5.74, 6) is -1.97. The van der Waals surface area contributed by atoms with E-state index < -0.39 is 23.6 Å². The van der Waals surface area contributed by atoms with Crippen LogP contribution in [0.25, 0.3) is 0 Å². The van der Waals surface area contributed by atoms with Gasteiger partial charge in [0.05, 0.1) is 11.5 Å². The zero-order chi connectivity index (χ0) is 19.6. The number of nitrogens with one attached hydrogen (secondary N) is 1. The van der Waals surface area contributed by atoms with Gasteiger partial charge in [0.1, 0.15) is 0 Å². The lowest BCUT2D eigenvalue weighted by Crippen LogP contribution is -2.41. The third-order valence-corrected chi connectivity index (χ3v) is 5.96. The fraction of sp³-hybridized carbons (Fsp3) is 0.600. The van der Waals surface area contributed by atoms with Crippen LogP contribution in [0.2, 0.25) is 0 Å². The molecule has 3 rings (SSSR count). The summed E-state index contributed by atoms with van der Waals surface area (Å²) < 4.78 is 40.0. The molecule has 1 amide bonds. The van der Waals surface area contributed by atoms with Crippen molar-refractivity contribution in [1.82, 2.24) is 5.32 Å². The SMILES string of the molecule is O=C(O)C1CCC(C(=O)NC2CCCC2c2ccccc2C(F)(F)F)CC1. The molecule has 2 fully saturated rings. The Morgan fingerprint density at radius 1 is 0.963 bits per heavy atom. The van der Waals surface area contributed by atoms with Gasteiger partial charge in [-0.2, -0.15) is 13.2 Å². The number of hydrogen-bond acceptors (Lipinski definition) is 2. The molecule has 2 saturated carbocycles. The van der Waals surface area contributed by atoms with Crippen molar-refractivity contribution in [1.29, 1.82) is 0 Å². The van der Waals surface area contributed by atoms with Crippen molar-refractivity contribution in [2.75, 3.05) is 0 Å². The van der Waals surface area contributed by atoms with Gasteiger partial charge in [-0.1, -0.05) is 24.6 Å². The van der Waals surface area contributed by atoms with E-state index in [2.05, 4.69) is 5.32 Å². The monoisotopic (exact) mass is 383 g/mol. The van der Waals surface area contributed by atoms with Gasteiger partial charge in [0.15, 0.2) is 0 Å². The second-order valence-electron chi connectivity index (χ2n) is 7.62. The Labute approximate surface area is 156 Å². The molecule has 7 heteroatoms. The number of aliphatic carboxylic acids is 1. The van der Waals surface area contributed by atoms with Crippen molar-refractivity contribution < 1.29 is 27.9 Å². The highest BCUT2D eigenvalue weighted by molar-refractivity contribution is 5.79. The highest BCUT2D eigenvalue weighted by atomic mass is 19.4. The molecule has 0 radical (unpaired) electrons. The van der Waals surface area contributed by atoms with Crippen LogP contribution >= 0.6 is 0 Å². The molecule has 148 valence electrons. The molecule has 0 spiro atoms. The summed E-state index contributed by atoms with van der Waals surface area (Å²) in [7, 11) is 0. The highest BCUT2D eigenvalue weighted by Gasteiger charge is 2.39. The second kappa shape index (κ2) is 7.90. The first kappa shape index (κ1) is 19.7. The van der Waals surface area contributed by atoms with Gasteiger partial charge in [-0.25, -0.2) is 0 Å². The van der Waals surface area contributed by atoms with Crippen LogP contribution in [0.3, 0.4) is 0 Å². The van der Waals surface area contributed by atoms with E-state index in [1.165, 1.54) is 12.1 Å². The molecule has 0 bridgehead atoms. The van der Waals surface area contributed by atoms with Crippen molar-refractivity contribution in [3.05, 3.63) is 35.4 Å². The molecule has 27 heavy (non-hydrogen) atoms. The van der Waals surface area contributed by atoms with Gasteiger partial charge >= 0.3 is 12.1 Å². The van der Waals surface area contributed by atoms with Gasteiger partial charge in [-0.05, 0) is 50.2 Å². The number of rotatable bonds is 4. The van der Waals surface area contributed by atoms with E-state index in [0.717, 1.165) is 12.5 Å². The van der Waals surface area contributed by atoms with Crippen LogP contribution in [0.1, 0.15) is 62.0 Å². The number of carboxylic acid groups (broad SMARTS) is 1. The smallest absolute Gasteiger partial charge is 0.416 e.